The number of halogens is 3. The SMILES string of the molecule is [CH2]CCOc1c(C)cc(OCC=C(Cl)Cl)cc1Cl. The molecule has 0 aromatic heterocycles. The lowest BCUT2D eigenvalue weighted by molar-refractivity contribution is 0.320. The third-order valence-corrected chi connectivity index (χ3v) is 2.67. The fourth-order valence-electron chi connectivity index (χ4n) is 1.34. The first-order chi connectivity index (χ1) is 8.54. The Hall–Kier alpha value is -0.570. The van der Waals surface area contributed by atoms with Crippen molar-refractivity contribution in [2.24, 2.45) is 0 Å². The lowest BCUT2D eigenvalue weighted by atomic mass is 10.2. The van der Waals surface area contributed by atoms with Crippen molar-refractivity contribution in [2.75, 3.05) is 13.2 Å². The third-order valence-electron chi connectivity index (χ3n) is 2.08. The summed E-state index contributed by atoms with van der Waals surface area (Å²) in [4.78, 5) is 0. The maximum Gasteiger partial charge on any atom is 0.141 e. The van der Waals surface area contributed by atoms with Crippen LogP contribution in [-0.4, -0.2) is 13.2 Å². The monoisotopic (exact) mass is 307 g/mol. The molecule has 0 aliphatic heterocycles. The molecule has 0 heterocycles. The highest BCUT2D eigenvalue weighted by Crippen LogP contribution is 2.33. The number of benzene rings is 1. The molecular formula is C13H14Cl3O2. The minimum absolute atomic E-state index is 0.174. The number of ether oxygens (including phenoxy) is 2. The van der Waals surface area contributed by atoms with Gasteiger partial charge in [0.05, 0.1) is 11.6 Å². The largest absolute Gasteiger partial charge is 0.492 e. The van der Waals surface area contributed by atoms with E-state index < -0.39 is 0 Å². The minimum atomic E-state index is 0.174. The maximum atomic E-state index is 6.12. The molecule has 0 spiro atoms. The number of hydrogen-bond donors (Lipinski definition) is 0. The number of aryl methyl sites for hydroxylation is 1. The van der Waals surface area contributed by atoms with Gasteiger partial charge in [-0.05, 0) is 38.0 Å². The summed E-state index contributed by atoms with van der Waals surface area (Å²) < 4.78 is 11.1. The molecule has 0 aliphatic carbocycles. The fourth-order valence-corrected chi connectivity index (χ4v) is 1.78. The third kappa shape index (κ3) is 4.97. The second-order valence-electron chi connectivity index (χ2n) is 3.56. The standard InChI is InChI=1S/C13H14Cl3O2/c1-3-5-18-13-9(2)7-10(8-11(13)14)17-6-4-12(15)16/h4,7-8H,1,3,5-6H2,2H3. The van der Waals surface area contributed by atoms with Crippen molar-refractivity contribution in [3.05, 3.63) is 40.2 Å². The molecule has 18 heavy (non-hydrogen) atoms. The van der Waals surface area contributed by atoms with Crippen LogP contribution in [0.15, 0.2) is 22.7 Å². The average molecular weight is 309 g/mol. The van der Waals surface area contributed by atoms with Crippen LogP contribution in [0.5, 0.6) is 11.5 Å². The Morgan fingerprint density at radius 2 is 2.06 bits per heavy atom. The predicted octanol–water partition coefficient (Wildman–Crippen LogP) is 4.95. The van der Waals surface area contributed by atoms with Crippen LogP contribution >= 0.6 is 34.8 Å². The van der Waals surface area contributed by atoms with E-state index in [1.54, 1.807) is 12.1 Å². The van der Waals surface area contributed by atoms with Gasteiger partial charge in [0.2, 0.25) is 0 Å². The van der Waals surface area contributed by atoms with E-state index in [-0.39, 0.29) is 11.1 Å². The zero-order chi connectivity index (χ0) is 13.5. The second kappa shape index (κ2) is 7.78. The molecule has 0 fully saturated rings. The molecule has 1 aromatic carbocycles. The first-order valence-electron chi connectivity index (χ1n) is 5.40. The topological polar surface area (TPSA) is 18.5 Å². The van der Waals surface area contributed by atoms with Crippen molar-refractivity contribution in [3.8, 4) is 11.5 Å². The van der Waals surface area contributed by atoms with Gasteiger partial charge in [-0.25, -0.2) is 0 Å². The Balaban J connectivity index is 2.76. The van der Waals surface area contributed by atoms with E-state index in [4.69, 9.17) is 44.3 Å². The molecule has 0 aliphatic rings. The molecule has 99 valence electrons. The van der Waals surface area contributed by atoms with Gasteiger partial charge in [-0.3, -0.25) is 0 Å². The van der Waals surface area contributed by atoms with Crippen molar-refractivity contribution in [2.45, 2.75) is 13.3 Å². The summed E-state index contributed by atoms with van der Waals surface area (Å²) in [6.45, 7) is 6.44. The van der Waals surface area contributed by atoms with E-state index in [1.807, 2.05) is 13.0 Å². The summed E-state index contributed by atoms with van der Waals surface area (Å²) in [5.74, 6) is 1.31. The zero-order valence-corrected chi connectivity index (χ0v) is 12.3. The van der Waals surface area contributed by atoms with Crippen molar-refractivity contribution in [1.82, 2.24) is 0 Å². The first kappa shape index (κ1) is 15.5. The molecule has 0 atom stereocenters. The zero-order valence-electron chi connectivity index (χ0n) is 10.0. The Bertz CT molecular complexity index is 403. The second-order valence-corrected chi connectivity index (χ2v) is 4.97. The van der Waals surface area contributed by atoms with Crippen LogP contribution in [0.4, 0.5) is 0 Å². The molecule has 0 amide bonds. The van der Waals surface area contributed by atoms with E-state index in [2.05, 4.69) is 6.92 Å². The van der Waals surface area contributed by atoms with Crippen molar-refractivity contribution in [1.29, 1.82) is 0 Å². The average Bonchev–Trinajstić information content (AvgIpc) is 2.27. The maximum absolute atomic E-state index is 6.12. The Morgan fingerprint density at radius 1 is 1.33 bits per heavy atom. The van der Waals surface area contributed by atoms with Crippen LogP contribution < -0.4 is 9.47 Å². The van der Waals surface area contributed by atoms with E-state index in [1.165, 1.54) is 0 Å². The Labute approximate surface area is 122 Å². The smallest absolute Gasteiger partial charge is 0.141 e. The molecule has 0 N–H and O–H groups in total. The molecule has 0 saturated heterocycles. The summed E-state index contributed by atoms with van der Waals surface area (Å²) in [6.07, 6.45) is 2.24. The summed E-state index contributed by atoms with van der Waals surface area (Å²) >= 11 is 17.1. The highest BCUT2D eigenvalue weighted by atomic mass is 35.5. The Kier molecular flexibility index (Phi) is 6.69. The lowest BCUT2D eigenvalue weighted by Crippen LogP contribution is -1.99. The van der Waals surface area contributed by atoms with Gasteiger partial charge < -0.3 is 9.47 Å². The van der Waals surface area contributed by atoms with Gasteiger partial charge in [0.15, 0.2) is 0 Å². The predicted molar refractivity (Wildman–Crippen MR) is 76.9 cm³/mol. The molecule has 0 bridgehead atoms. The Morgan fingerprint density at radius 3 is 2.61 bits per heavy atom. The van der Waals surface area contributed by atoms with Gasteiger partial charge in [-0.1, -0.05) is 34.8 Å². The molecule has 2 nitrogen and oxygen atoms in total. The highest BCUT2D eigenvalue weighted by Gasteiger charge is 2.08. The highest BCUT2D eigenvalue weighted by molar-refractivity contribution is 6.55. The molecule has 1 radical (unpaired) electrons. The summed E-state index contributed by atoms with van der Waals surface area (Å²) in [5.41, 5.74) is 0.909. The van der Waals surface area contributed by atoms with Crippen LogP contribution in [0.2, 0.25) is 5.02 Å². The van der Waals surface area contributed by atoms with Crippen molar-refractivity contribution < 1.29 is 9.47 Å². The van der Waals surface area contributed by atoms with Gasteiger partial charge in [0, 0.05) is 6.07 Å². The number of hydrogen-bond acceptors (Lipinski definition) is 2. The van der Waals surface area contributed by atoms with Gasteiger partial charge in [0.25, 0.3) is 0 Å². The molecular weight excluding hydrogens is 294 g/mol. The molecule has 0 unspecified atom stereocenters. The van der Waals surface area contributed by atoms with E-state index in [9.17, 15) is 0 Å². The van der Waals surface area contributed by atoms with Crippen LogP contribution in [0.25, 0.3) is 0 Å². The summed E-state index contributed by atoms with van der Waals surface area (Å²) in [6, 6.07) is 3.54. The van der Waals surface area contributed by atoms with Gasteiger partial charge in [0.1, 0.15) is 22.6 Å². The van der Waals surface area contributed by atoms with Gasteiger partial charge >= 0.3 is 0 Å². The van der Waals surface area contributed by atoms with Crippen LogP contribution in [0.3, 0.4) is 0 Å². The van der Waals surface area contributed by atoms with E-state index in [0.29, 0.717) is 29.5 Å². The van der Waals surface area contributed by atoms with Crippen molar-refractivity contribution in [3.63, 3.8) is 0 Å². The van der Waals surface area contributed by atoms with Crippen LogP contribution in [-0.2, 0) is 0 Å². The van der Waals surface area contributed by atoms with E-state index in [0.717, 1.165) is 5.56 Å². The summed E-state index contributed by atoms with van der Waals surface area (Å²) in [5, 5.41) is 0.513. The fraction of sp³-hybridized carbons (Fsp3) is 0.308. The minimum Gasteiger partial charge on any atom is -0.492 e. The van der Waals surface area contributed by atoms with Gasteiger partial charge in [-0.15, -0.1) is 0 Å². The van der Waals surface area contributed by atoms with E-state index >= 15 is 0 Å². The quantitative estimate of drug-likeness (QED) is 0.740. The molecule has 0 saturated carbocycles. The lowest BCUT2D eigenvalue weighted by Gasteiger charge is -2.12. The molecule has 1 rings (SSSR count). The number of rotatable bonds is 6. The van der Waals surface area contributed by atoms with Crippen molar-refractivity contribution >= 4 is 34.8 Å². The summed E-state index contributed by atoms with van der Waals surface area (Å²) in [7, 11) is 0. The van der Waals surface area contributed by atoms with Crippen LogP contribution in [0.1, 0.15) is 12.0 Å². The van der Waals surface area contributed by atoms with Crippen LogP contribution in [0, 0.1) is 13.8 Å². The molecule has 5 heteroatoms. The normalized spacial score (nSPS) is 10.1. The molecule has 1 aromatic rings. The van der Waals surface area contributed by atoms with Gasteiger partial charge in [-0.2, -0.15) is 0 Å². The first-order valence-corrected chi connectivity index (χ1v) is 6.54.